The smallest absolute Gasteiger partial charge is 0.333 e. The van der Waals surface area contributed by atoms with Crippen molar-refractivity contribution in [2.75, 3.05) is 13.2 Å². The van der Waals surface area contributed by atoms with Gasteiger partial charge in [0.15, 0.2) is 0 Å². The minimum atomic E-state index is -1.02. The molecule has 3 rings (SSSR count). The second-order valence-electron chi connectivity index (χ2n) is 6.11. The summed E-state index contributed by atoms with van der Waals surface area (Å²) in [6, 6.07) is 3.33. The maximum atomic E-state index is 12.6. The van der Waals surface area contributed by atoms with Crippen LogP contribution < -0.4 is 0 Å². The van der Waals surface area contributed by atoms with Gasteiger partial charge in [-0.05, 0) is 31.4 Å². The van der Waals surface area contributed by atoms with E-state index in [1.54, 1.807) is 24.0 Å². The predicted molar refractivity (Wildman–Crippen MR) is 87.6 cm³/mol. The molecule has 0 aliphatic carbocycles. The maximum absolute atomic E-state index is 12.6. The molecular formula is C17H19ClN2O4. The SMILES string of the molecule is CC1=C(C(=O)O)[C@@H](c2ccc(Cl)nc2)CC(=O)N1C[C@H]1CCCO1. The van der Waals surface area contributed by atoms with E-state index in [1.165, 1.54) is 6.20 Å². The number of pyridine rings is 1. The third-order valence-corrected chi connectivity index (χ3v) is 4.84. The molecule has 2 aliphatic heterocycles. The minimum absolute atomic E-state index is 0.0207. The molecule has 0 unspecified atom stereocenters. The fourth-order valence-electron chi connectivity index (χ4n) is 3.38. The lowest BCUT2D eigenvalue weighted by Gasteiger charge is -2.35. The Bertz CT molecular complexity index is 680. The van der Waals surface area contributed by atoms with Crippen molar-refractivity contribution in [2.45, 2.75) is 38.2 Å². The Hall–Kier alpha value is -1.92. The number of ether oxygens (including phenoxy) is 1. The first-order valence-electron chi connectivity index (χ1n) is 7.95. The highest BCUT2D eigenvalue weighted by atomic mass is 35.5. The van der Waals surface area contributed by atoms with Gasteiger partial charge in [0.1, 0.15) is 5.15 Å². The van der Waals surface area contributed by atoms with Crippen LogP contribution in [0.4, 0.5) is 0 Å². The summed E-state index contributed by atoms with van der Waals surface area (Å²) in [5.74, 6) is -1.62. The number of carbonyl (C=O) groups excluding carboxylic acids is 1. The lowest BCUT2D eigenvalue weighted by molar-refractivity contribution is -0.135. The van der Waals surface area contributed by atoms with Gasteiger partial charge >= 0.3 is 5.97 Å². The molecule has 1 aromatic rings. The molecule has 1 saturated heterocycles. The molecule has 24 heavy (non-hydrogen) atoms. The lowest BCUT2D eigenvalue weighted by atomic mass is 9.84. The van der Waals surface area contributed by atoms with Crippen molar-refractivity contribution >= 4 is 23.5 Å². The highest BCUT2D eigenvalue weighted by molar-refractivity contribution is 6.29. The highest BCUT2D eigenvalue weighted by Crippen LogP contribution is 2.37. The van der Waals surface area contributed by atoms with Crippen LogP contribution >= 0.6 is 11.6 Å². The molecular weight excluding hydrogens is 332 g/mol. The van der Waals surface area contributed by atoms with Crippen molar-refractivity contribution in [2.24, 2.45) is 0 Å². The van der Waals surface area contributed by atoms with Crippen molar-refractivity contribution in [3.8, 4) is 0 Å². The van der Waals surface area contributed by atoms with Crippen molar-refractivity contribution in [3.05, 3.63) is 40.3 Å². The molecule has 6 nitrogen and oxygen atoms in total. The van der Waals surface area contributed by atoms with Gasteiger partial charge in [-0.2, -0.15) is 0 Å². The molecule has 2 aliphatic rings. The van der Waals surface area contributed by atoms with E-state index >= 15 is 0 Å². The van der Waals surface area contributed by atoms with Gasteiger partial charge in [-0.1, -0.05) is 17.7 Å². The van der Waals surface area contributed by atoms with Crippen LogP contribution in [0.15, 0.2) is 29.6 Å². The molecule has 2 atom stereocenters. The largest absolute Gasteiger partial charge is 0.478 e. The van der Waals surface area contributed by atoms with E-state index in [9.17, 15) is 14.7 Å². The van der Waals surface area contributed by atoms with Crippen LogP contribution in [0.2, 0.25) is 5.15 Å². The van der Waals surface area contributed by atoms with E-state index in [4.69, 9.17) is 16.3 Å². The maximum Gasteiger partial charge on any atom is 0.333 e. The topological polar surface area (TPSA) is 79.7 Å². The molecule has 128 valence electrons. The number of hydrogen-bond acceptors (Lipinski definition) is 4. The molecule has 0 saturated carbocycles. The van der Waals surface area contributed by atoms with Gasteiger partial charge in [0, 0.05) is 30.8 Å². The van der Waals surface area contributed by atoms with Gasteiger partial charge in [0.2, 0.25) is 5.91 Å². The third kappa shape index (κ3) is 3.30. The number of aliphatic carboxylic acids is 1. The monoisotopic (exact) mass is 350 g/mol. The van der Waals surface area contributed by atoms with Gasteiger partial charge in [-0.15, -0.1) is 0 Å². The van der Waals surface area contributed by atoms with Crippen LogP contribution in [0, 0.1) is 0 Å². The van der Waals surface area contributed by atoms with Crippen LogP contribution in [0.3, 0.4) is 0 Å². The zero-order valence-corrected chi connectivity index (χ0v) is 14.1. The molecule has 0 bridgehead atoms. The van der Waals surface area contributed by atoms with E-state index in [2.05, 4.69) is 4.98 Å². The number of carbonyl (C=O) groups is 2. The van der Waals surface area contributed by atoms with Crippen molar-refractivity contribution < 1.29 is 19.4 Å². The van der Waals surface area contributed by atoms with Crippen LogP contribution in [-0.4, -0.2) is 46.1 Å². The number of aromatic nitrogens is 1. The van der Waals surface area contributed by atoms with Crippen molar-refractivity contribution in [1.29, 1.82) is 0 Å². The van der Waals surface area contributed by atoms with E-state index in [0.29, 0.717) is 29.6 Å². The number of hydrogen-bond donors (Lipinski definition) is 1. The van der Waals surface area contributed by atoms with Crippen molar-refractivity contribution in [1.82, 2.24) is 9.88 Å². The fraction of sp³-hybridized carbons (Fsp3) is 0.471. The summed E-state index contributed by atoms with van der Waals surface area (Å²) in [4.78, 5) is 30.0. The number of halogens is 1. The zero-order chi connectivity index (χ0) is 17.3. The molecule has 1 N–H and O–H groups in total. The number of amides is 1. The van der Waals surface area contributed by atoms with E-state index < -0.39 is 11.9 Å². The first-order valence-corrected chi connectivity index (χ1v) is 8.32. The summed E-state index contributed by atoms with van der Waals surface area (Å²) in [7, 11) is 0. The molecule has 0 radical (unpaired) electrons. The number of nitrogens with zero attached hydrogens (tertiary/aromatic N) is 2. The summed E-state index contributed by atoms with van der Waals surface area (Å²) in [5, 5.41) is 10.0. The third-order valence-electron chi connectivity index (χ3n) is 4.62. The first kappa shape index (κ1) is 16.9. The van der Waals surface area contributed by atoms with Crippen LogP contribution in [-0.2, 0) is 14.3 Å². The number of allylic oxidation sites excluding steroid dienone is 1. The summed E-state index contributed by atoms with van der Waals surface area (Å²) in [6.07, 6.45) is 3.48. The molecule has 3 heterocycles. The Morgan fingerprint density at radius 1 is 1.50 bits per heavy atom. The molecule has 1 fully saturated rings. The second kappa shape index (κ2) is 6.91. The second-order valence-corrected chi connectivity index (χ2v) is 6.50. The number of rotatable bonds is 4. The highest BCUT2D eigenvalue weighted by Gasteiger charge is 2.37. The average molecular weight is 351 g/mol. The molecule has 7 heteroatoms. The fourth-order valence-corrected chi connectivity index (χ4v) is 3.50. The Morgan fingerprint density at radius 3 is 2.88 bits per heavy atom. The van der Waals surface area contributed by atoms with Gasteiger partial charge in [-0.25, -0.2) is 9.78 Å². The van der Waals surface area contributed by atoms with Gasteiger partial charge < -0.3 is 14.7 Å². The molecule has 0 spiro atoms. The summed E-state index contributed by atoms with van der Waals surface area (Å²) >= 11 is 5.80. The van der Waals surface area contributed by atoms with Gasteiger partial charge in [0.25, 0.3) is 0 Å². The van der Waals surface area contributed by atoms with Gasteiger partial charge in [-0.3, -0.25) is 4.79 Å². The Balaban J connectivity index is 1.94. The minimum Gasteiger partial charge on any atom is -0.478 e. The van der Waals surface area contributed by atoms with Crippen molar-refractivity contribution in [3.63, 3.8) is 0 Å². The predicted octanol–water partition coefficient (Wildman–Crippen LogP) is 2.59. The number of carboxylic acids is 1. The Labute approximate surface area is 145 Å². The summed E-state index contributed by atoms with van der Waals surface area (Å²) < 4.78 is 5.58. The molecule has 1 amide bonds. The van der Waals surface area contributed by atoms with E-state index in [1.807, 2.05) is 0 Å². The Morgan fingerprint density at radius 2 is 2.29 bits per heavy atom. The van der Waals surface area contributed by atoms with Crippen LogP contribution in [0.5, 0.6) is 0 Å². The Kier molecular flexibility index (Phi) is 4.87. The van der Waals surface area contributed by atoms with E-state index in [0.717, 1.165) is 12.8 Å². The van der Waals surface area contributed by atoms with E-state index in [-0.39, 0.29) is 24.0 Å². The molecule has 0 aromatic carbocycles. The van der Waals surface area contributed by atoms with Crippen LogP contribution in [0.25, 0.3) is 0 Å². The summed E-state index contributed by atoms with van der Waals surface area (Å²) in [5.41, 5.74) is 1.40. The quantitative estimate of drug-likeness (QED) is 0.844. The van der Waals surface area contributed by atoms with Crippen LogP contribution in [0.1, 0.15) is 37.7 Å². The standard InChI is InChI=1S/C17H19ClN2O4/c1-10-16(17(22)23)13(11-4-5-14(18)19-8-11)7-15(21)20(10)9-12-3-2-6-24-12/h4-5,8,12-13H,2-3,6-7,9H2,1H3,(H,22,23)/t12-,13-/m1/s1. The first-order chi connectivity index (χ1) is 11.5. The molecule has 1 aromatic heterocycles. The number of carboxylic acid groups (broad SMARTS) is 1. The lowest BCUT2D eigenvalue weighted by Crippen LogP contribution is -2.41. The zero-order valence-electron chi connectivity index (χ0n) is 13.4. The van der Waals surface area contributed by atoms with Gasteiger partial charge in [0.05, 0.1) is 18.2 Å². The summed E-state index contributed by atoms with van der Waals surface area (Å²) in [6.45, 7) is 2.79. The normalized spacial score (nSPS) is 24.6. The average Bonchev–Trinajstić information content (AvgIpc) is 3.04.